The minimum atomic E-state index is -0.653. The summed E-state index contributed by atoms with van der Waals surface area (Å²) in [4.78, 5) is 38.4. The lowest BCUT2D eigenvalue weighted by atomic mass is 10.0. The standard InChI is InChI=1S/C28H35N9O2/c1-28(2,27(29)38)37-10-8-35(9-11-37)18-22-31-23-25(34(22)3)32-24(33-26(23)36-12-14-39-15-13-36)21-17-30-16-19-6-4-5-7-20(19)21/h4-7,16-17H,8-15,18H2,1-3H3,(H2,29,38). The number of rotatable bonds is 6. The van der Waals surface area contributed by atoms with Crippen LogP contribution in [0.3, 0.4) is 0 Å². The summed E-state index contributed by atoms with van der Waals surface area (Å²) in [5.41, 5.74) is 7.51. The number of imidazole rings is 1. The summed E-state index contributed by atoms with van der Waals surface area (Å²) in [5.74, 6) is 2.12. The second-order valence-corrected chi connectivity index (χ2v) is 10.8. The fraction of sp³-hybridized carbons (Fsp3) is 0.464. The van der Waals surface area contributed by atoms with Gasteiger partial charge >= 0.3 is 0 Å². The maximum absolute atomic E-state index is 11.9. The first-order valence-corrected chi connectivity index (χ1v) is 13.5. The molecular weight excluding hydrogens is 494 g/mol. The van der Waals surface area contributed by atoms with Gasteiger partial charge in [0.1, 0.15) is 5.82 Å². The van der Waals surface area contributed by atoms with E-state index in [1.165, 1.54) is 0 Å². The van der Waals surface area contributed by atoms with Gasteiger partial charge in [-0.3, -0.25) is 19.6 Å². The van der Waals surface area contributed by atoms with Crippen LogP contribution in [-0.4, -0.2) is 98.2 Å². The SMILES string of the molecule is Cn1c(CN2CCN(C(C)(C)C(N)=O)CC2)nc2c(N3CCOCC3)nc(-c3cncc4ccccc34)nc21. The van der Waals surface area contributed by atoms with Crippen LogP contribution in [0.25, 0.3) is 33.3 Å². The van der Waals surface area contributed by atoms with Crippen molar-refractivity contribution in [2.24, 2.45) is 12.8 Å². The Bertz CT molecular complexity index is 1510. The van der Waals surface area contributed by atoms with Crippen molar-refractivity contribution in [3.05, 3.63) is 42.5 Å². The Morgan fingerprint density at radius 1 is 1.00 bits per heavy atom. The predicted molar refractivity (Wildman–Crippen MR) is 150 cm³/mol. The molecular formula is C28H35N9O2. The molecule has 11 heteroatoms. The van der Waals surface area contributed by atoms with Gasteiger partial charge in [0.15, 0.2) is 22.8 Å². The lowest BCUT2D eigenvalue weighted by Crippen LogP contribution is -2.59. The molecule has 2 saturated heterocycles. The number of benzene rings is 1. The molecule has 0 saturated carbocycles. The van der Waals surface area contributed by atoms with Gasteiger partial charge in [0.05, 0.1) is 25.3 Å². The first-order chi connectivity index (χ1) is 18.8. The Balaban J connectivity index is 1.36. The van der Waals surface area contributed by atoms with Gasteiger partial charge < -0.3 is 19.9 Å². The monoisotopic (exact) mass is 529 g/mol. The fourth-order valence-electron chi connectivity index (χ4n) is 5.46. The molecule has 0 spiro atoms. The normalized spacial score (nSPS) is 17.8. The van der Waals surface area contributed by atoms with E-state index in [0.29, 0.717) is 25.6 Å². The summed E-state index contributed by atoms with van der Waals surface area (Å²) >= 11 is 0. The van der Waals surface area contributed by atoms with Crippen LogP contribution < -0.4 is 10.6 Å². The van der Waals surface area contributed by atoms with Crippen molar-refractivity contribution in [2.45, 2.75) is 25.9 Å². The van der Waals surface area contributed by atoms with Crippen LogP contribution in [0.15, 0.2) is 36.7 Å². The van der Waals surface area contributed by atoms with Crippen LogP contribution in [0.1, 0.15) is 19.7 Å². The lowest BCUT2D eigenvalue weighted by Gasteiger charge is -2.42. The molecule has 6 rings (SSSR count). The Kier molecular flexibility index (Phi) is 6.66. The van der Waals surface area contributed by atoms with Crippen molar-refractivity contribution >= 4 is 33.7 Å². The van der Waals surface area contributed by atoms with Crippen LogP contribution in [-0.2, 0) is 23.1 Å². The number of aryl methyl sites for hydroxylation is 1. The first-order valence-electron chi connectivity index (χ1n) is 13.5. The molecule has 0 unspecified atom stereocenters. The highest BCUT2D eigenvalue weighted by molar-refractivity contribution is 5.96. The van der Waals surface area contributed by atoms with Gasteiger partial charge in [-0.15, -0.1) is 0 Å². The minimum Gasteiger partial charge on any atom is -0.378 e. The van der Waals surface area contributed by atoms with Gasteiger partial charge in [0.2, 0.25) is 5.91 Å². The summed E-state index contributed by atoms with van der Waals surface area (Å²) in [5, 5.41) is 2.12. The van der Waals surface area contributed by atoms with E-state index in [-0.39, 0.29) is 5.91 Å². The molecule has 2 N–H and O–H groups in total. The fourth-order valence-corrected chi connectivity index (χ4v) is 5.46. The average Bonchev–Trinajstić information content (AvgIpc) is 3.27. The predicted octanol–water partition coefficient (Wildman–Crippen LogP) is 1.80. The highest BCUT2D eigenvalue weighted by atomic mass is 16.5. The number of amides is 1. The van der Waals surface area contributed by atoms with E-state index in [1.54, 1.807) is 0 Å². The van der Waals surface area contributed by atoms with Crippen molar-refractivity contribution < 1.29 is 9.53 Å². The maximum Gasteiger partial charge on any atom is 0.237 e. The highest BCUT2D eigenvalue weighted by Crippen LogP contribution is 2.31. The molecule has 0 aliphatic carbocycles. The van der Waals surface area contributed by atoms with Crippen LogP contribution in [0.5, 0.6) is 0 Å². The third-order valence-electron chi connectivity index (χ3n) is 8.14. The zero-order valence-corrected chi connectivity index (χ0v) is 22.8. The van der Waals surface area contributed by atoms with E-state index in [0.717, 1.165) is 78.4 Å². The molecule has 2 aliphatic heterocycles. The second-order valence-electron chi connectivity index (χ2n) is 10.8. The van der Waals surface area contributed by atoms with Crippen LogP contribution >= 0.6 is 0 Å². The molecule has 2 aliphatic rings. The third kappa shape index (κ3) is 4.70. The number of carbonyl (C=O) groups is 1. The van der Waals surface area contributed by atoms with Gasteiger partial charge in [-0.1, -0.05) is 24.3 Å². The Hall–Kier alpha value is -3.67. The molecule has 4 aromatic rings. The molecule has 11 nitrogen and oxygen atoms in total. The van der Waals surface area contributed by atoms with E-state index in [1.807, 2.05) is 45.4 Å². The number of carbonyl (C=O) groups excluding carboxylic acids is 1. The number of nitrogens with two attached hydrogens (primary N) is 1. The van der Waals surface area contributed by atoms with Crippen molar-refractivity contribution in [1.29, 1.82) is 0 Å². The number of aromatic nitrogens is 5. The van der Waals surface area contributed by atoms with Gasteiger partial charge in [-0.05, 0) is 19.2 Å². The average molecular weight is 530 g/mol. The summed E-state index contributed by atoms with van der Waals surface area (Å²) < 4.78 is 7.71. The highest BCUT2D eigenvalue weighted by Gasteiger charge is 2.35. The van der Waals surface area contributed by atoms with Gasteiger partial charge in [0.25, 0.3) is 0 Å². The number of nitrogens with zero attached hydrogens (tertiary/aromatic N) is 8. The van der Waals surface area contributed by atoms with Gasteiger partial charge in [-0.25, -0.2) is 15.0 Å². The zero-order chi connectivity index (χ0) is 27.1. The molecule has 1 aromatic carbocycles. The molecule has 0 bridgehead atoms. The summed E-state index contributed by atoms with van der Waals surface area (Å²) in [6.45, 7) is 10.5. The smallest absolute Gasteiger partial charge is 0.237 e. The third-order valence-corrected chi connectivity index (χ3v) is 8.14. The molecule has 1 amide bonds. The Morgan fingerprint density at radius 3 is 2.49 bits per heavy atom. The van der Waals surface area contributed by atoms with Gasteiger partial charge in [0, 0.05) is 69.7 Å². The van der Waals surface area contributed by atoms with E-state index >= 15 is 0 Å². The number of fused-ring (bicyclic) bond motifs is 2. The molecule has 39 heavy (non-hydrogen) atoms. The second kappa shape index (κ2) is 10.1. The van der Waals surface area contributed by atoms with Crippen molar-refractivity contribution in [3.63, 3.8) is 0 Å². The number of pyridine rings is 1. The van der Waals surface area contributed by atoms with Crippen LogP contribution in [0.4, 0.5) is 5.82 Å². The summed E-state index contributed by atoms with van der Waals surface area (Å²) in [6, 6.07) is 8.18. The zero-order valence-electron chi connectivity index (χ0n) is 22.8. The molecule has 0 radical (unpaired) electrons. The van der Waals surface area contributed by atoms with Crippen LogP contribution in [0.2, 0.25) is 0 Å². The van der Waals surface area contributed by atoms with Crippen molar-refractivity contribution in [2.75, 3.05) is 57.4 Å². The van der Waals surface area contributed by atoms with Gasteiger partial charge in [-0.2, -0.15) is 0 Å². The number of ether oxygens (including phenoxy) is 1. The molecule has 2 fully saturated rings. The molecule has 3 aromatic heterocycles. The number of hydrogen-bond donors (Lipinski definition) is 1. The van der Waals surface area contributed by atoms with Crippen LogP contribution in [0, 0.1) is 0 Å². The lowest BCUT2D eigenvalue weighted by molar-refractivity contribution is -0.129. The quantitative estimate of drug-likeness (QED) is 0.399. The first kappa shape index (κ1) is 25.6. The molecule has 204 valence electrons. The largest absolute Gasteiger partial charge is 0.378 e. The Morgan fingerprint density at radius 2 is 1.74 bits per heavy atom. The van der Waals surface area contributed by atoms with Crippen molar-refractivity contribution in [1.82, 2.24) is 34.3 Å². The Labute approximate surface area is 227 Å². The van der Waals surface area contributed by atoms with E-state index < -0.39 is 5.54 Å². The maximum atomic E-state index is 11.9. The number of primary amides is 1. The van der Waals surface area contributed by atoms with E-state index in [2.05, 4.69) is 36.4 Å². The molecule has 0 atom stereocenters. The minimum absolute atomic E-state index is 0.294. The summed E-state index contributed by atoms with van der Waals surface area (Å²) in [6.07, 6.45) is 3.71. The topological polar surface area (TPSA) is 119 Å². The number of anilines is 1. The molecule has 5 heterocycles. The van der Waals surface area contributed by atoms with E-state index in [9.17, 15) is 4.79 Å². The summed E-state index contributed by atoms with van der Waals surface area (Å²) in [7, 11) is 2.03. The number of morpholine rings is 1. The van der Waals surface area contributed by atoms with Crippen molar-refractivity contribution in [3.8, 4) is 11.4 Å². The number of piperazine rings is 1. The number of hydrogen-bond acceptors (Lipinski definition) is 9. The van der Waals surface area contributed by atoms with E-state index in [4.69, 9.17) is 25.4 Å².